The summed E-state index contributed by atoms with van der Waals surface area (Å²) in [4.78, 5) is 27.8. The highest BCUT2D eigenvalue weighted by molar-refractivity contribution is 14.1. The smallest absolute Gasteiger partial charge is 0.291 e. The number of fused-ring (bicyclic) bond motifs is 1. The van der Waals surface area contributed by atoms with Crippen LogP contribution in [0.15, 0.2) is 75.6 Å². The lowest BCUT2D eigenvalue weighted by Gasteiger charge is -2.04. The highest BCUT2D eigenvalue weighted by Crippen LogP contribution is 2.33. The number of benzene rings is 3. The number of hydrogen-bond acceptors (Lipinski definition) is 6. The number of aryl methyl sites for hydroxylation is 1. The number of carbonyl (C=O) groups is 1. The molecule has 8 nitrogen and oxygen atoms in total. The van der Waals surface area contributed by atoms with Crippen LogP contribution in [-0.4, -0.2) is 15.8 Å². The molecular formula is C25H15ClIN3O5. The summed E-state index contributed by atoms with van der Waals surface area (Å²) in [7, 11) is 0. The number of rotatable bonds is 5. The predicted molar refractivity (Wildman–Crippen MR) is 141 cm³/mol. The molecule has 3 aromatic carbocycles. The number of non-ortho nitro benzene ring substituents is 1. The van der Waals surface area contributed by atoms with Gasteiger partial charge in [0.15, 0.2) is 11.3 Å². The Labute approximate surface area is 217 Å². The molecule has 5 aromatic rings. The Morgan fingerprint density at radius 1 is 1.03 bits per heavy atom. The van der Waals surface area contributed by atoms with Gasteiger partial charge in [0.05, 0.1) is 15.5 Å². The molecule has 5 rings (SSSR count). The van der Waals surface area contributed by atoms with E-state index in [1.807, 2.05) is 12.1 Å². The minimum atomic E-state index is -0.457. The van der Waals surface area contributed by atoms with Crippen LogP contribution in [0.4, 0.5) is 11.4 Å². The van der Waals surface area contributed by atoms with Gasteiger partial charge in [0.2, 0.25) is 5.89 Å². The van der Waals surface area contributed by atoms with Gasteiger partial charge in [0.1, 0.15) is 11.3 Å². The number of nitro groups is 1. The van der Waals surface area contributed by atoms with Gasteiger partial charge in [-0.2, -0.15) is 0 Å². The Morgan fingerprint density at radius 2 is 1.86 bits per heavy atom. The van der Waals surface area contributed by atoms with Crippen LogP contribution in [0, 0.1) is 20.6 Å². The van der Waals surface area contributed by atoms with E-state index in [0.29, 0.717) is 50.2 Å². The Morgan fingerprint density at radius 3 is 2.63 bits per heavy atom. The summed E-state index contributed by atoms with van der Waals surface area (Å²) in [6.45, 7) is 1.75. The molecule has 0 saturated carbocycles. The number of halogens is 2. The zero-order valence-corrected chi connectivity index (χ0v) is 21.0. The summed E-state index contributed by atoms with van der Waals surface area (Å²) in [5.41, 5.74) is 3.65. The molecule has 35 heavy (non-hydrogen) atoms. The van der Waals surface area contributed by atoms with Gasteiger partial charge in [-0.05, 0) is 89.7 Å². The second-order valence-corrected chi connectivity index (χ2v) is 9.35. The lowest BCUT2D eigenvalue weighted by atomic mass is 10.1. The minimum absolute atomic E-state index is 0.00792. The zero-order chi connectivity index (χ0) is 24.7. The molecular weight excluding hydrogens is 585 g/mol. The lowest BCUT2D eigenvalue weighted by Crippen LogP contribution is -2.10. The average molecular weight is 600 g/mol. The van der Waals surface area contributed by atoms with Crippen molar-refractivity contribution in [3.05, 3.63) is 96.8 Å². The van der Waals surface area contributed by atoms with E-state index in [2.05, 4.69) is 32.9 Å². The molecule has 0 spiro atoms. The van der Waals surface area contributed by atoms with Crippen LogP contribution in [-0.2, 0) is 0 Å². The standard InChI is InChI=1S/C25H15ClIN3O5/c1-13-10-16(30(32)33)4-5-17(13)21-8-9-23(34-21)24(31)28-15-3-7-22-20(12-15)29-25(35-22)18-11-14(27)2-6-19(18)26/h2-12H,1H3,(H,28,31). The highest BCUT2D eigenvalue weighted by Gasteiger charge is 2.17. The number of hydrogen-bond donors (Lipinski definition) is 1. The van der Waals surface area contributed by atoms with E-state index in [1.165, 1.54) is 12.1 Å². The van der Waals surface area contributed by atoms with E-state index >= 15 is 0 Å². The third-order valence-corrected chi connectivity index (χ3v) is 6.32. The number of carbonyl (C=O) groups excluding carboxylic acids is 1. The van der Waals surface area contributed by atoms with E-state index in [-0.39, 0.29) is 11.4 Å². The van der Waals surface area contributed by atoms with Crippen molar-refractivity contribution in [1.82, 2.24) is 4.98 Å². The van der Waals surface area contributed by atoms with Gasteiger partial charge in [-0.3, -0.25) is 14.9 Å². The fraction of sp³-hybridized carbons (Fsp3) is 0.0400. The third kappa shape index (κ3) is 4.64. The molecule has 1 amide bonds. The van der Waals surface area contributed by atoms with Crippen LogP contribution in [0.5, 0.6) is 0 Å². The zero-order valence-electron chi connectivity index (χ0n) is 18.0. The molecule has 0 atom stereocenters. The highest BCUT2D eigenvalue weighted by atomic mass is 127. The van der Waals surface area contributed by atoms with Crippen LogP contribution in [0.25, 0.3) is 33.9 Å². The van der Waals surface area contributed by atoms with Crippen molar-refractivity contribution in [2.75, 3.05) is 5.32 Å². The van der Waals surface area contributed by atoms with Crippen molar-refractivity contribution in [1.29, 1.82) is 0 Å². The number of amides is 1. The normalized spacial score (nSPS) is 11.1. The Hall–Kier alpha value is -3.70. The van der Waals surface area contributed by atoms with E-state index in [4.69, 9.17) is 20.4 Å². The van der Waals surface area contributed by atoms with Crippen molar-refractivity contribution in [3.63, 3.8) is 0 Å². The summed E-state index contributed by atoms with van der Waals surface area (Å²) in [5, 5.41) is 14.3. The molecule has 174 valence electrons. The molecule has 0 aliphatic carbocycles. The number of nitrogens with one attached hydrogen (secondary N) is 1. The fourth-order valence-corrected chi connectivity index (χ4v) is 4.31. The van der Waals surface area contributed by atoms with E-state index < -0.39 is 10.8 Å². The van der Waals surface area contributed by atoms with Gasteiger partial charge < -0.3 is 14.2 Å². The third-order valence-electron chi connectivity index (χ3n) is 5.32. The molecule has 0 fully saturated rings. The maximum absolute atomic E-state index is 12.8. The monoisotopic (exact) mass is 599 g/mol. The second-order valence-electron chi connectivity index (χ2n) is 7.70. The van der Waals surface area contributed by atoms with Gasteiger partial charge in [-0.15, -0.1) is 0 Å². The second kappa shape index (κ2) is 9.16. The summed E-state index contributed by atoms with van der Waals surface area (Å²) in [6.07, 6.45) is 0. The first kappa shape index (κ1) is 23.1. The van der Waals surface area contributed by atoms with Crippen molar-refractivity contribution in [2.24, 2.45) is 0 Å². The van der Waals surface area contributed by atoms with Crippen LogP contribution in [0.1, 0.15) is 16.1 Å². The first-order valence-electron chi connectivity index (χ1n) is 10.3. The number of nitro benzene ring substituents is 1. The summed E-state index contributed by atoms with van der Waals surface area (Å²) < 4.78 is 12.6. The molecule has 0 bridgehead atoms. The van der Waals surface area contributed by atoms with E-state index in [0.717, 1.165) is 3.57 Å². The topological polar surface area (TPSA) is 111 Å². The summed E-state index contributed by atoms with van der Waals surface area (Å²) >= 11 is 8.49. The lowest BCUT2D eigenvalue weighted by molar-refractivity contribution is -0.384. The van der Waals surface area contributed by atoms with Gasteiger partial charge in [0.25, 0.3) is 11.6 Å². The Kier molecular flexibility index (Phi) is 6.03. The largest absolute Gasteiger partial charge is 0.451 e. The molecule has 10 heteroatoms. The van der Waals surface area contributed by atoms with Crippen LogP contribution in [0.3, 0.4) is 0 Å². The van der Waals surface area contributed by atoms with Crippen LogP contribution < -0.4 is 5.32 Å². The maximum Gasteiger partial charge on any atom is 0.291 e. The summed E-state index contributed by atoms with van der Waals surface area (Å²) in [6, 6.07) is 18.4. The molecule has 0 unspecified atom stereocenters. The van der Waals surface area contributed by atoms with E-state index in [9.17, 15) is 14.9 Å². The van der Waals surface area contributed by atoms with Crippen LogP contribution in [0.2, 0.25) is 5.02 Å². The predicted octanol–water partition coefficient (Wildman–Crippen LogP) is 7.48. The van der Waals surface area contributed by atoms with Gasteiger partial charge in [0, 0.05) is 27.0 Å². The van der Waals surface area contributed by atoms with Gasteiger partial charge in [-0.25, -0.2) is 4.98 Å². The summed E-state index contributed by atoms with van der Waals surface area (Å²) in [5.74, 6) is 0.485. The SMILES string of the molecule is Cc1cc([N+](=O)[O-])ccc1-c1ccc(C(=O)Nc2ccc3oc(-c4cc(I)ccc4Cl)nc3c2)o1. The first-order chi connectivity index (χ1) is 16.8. The van der Waals surface area contributed by atoms with Crippen molar-refractivity contribution >= 4 is 62.6 Å². The fourth-order valence-electron chi connectivity index (χ4n) is 3.62. The first-order valence-corrected chi connectivity index (χ1v) is 11.8. The van der Waals surface area contributed by atoms with Crippen molar-refractivity contribution in [2.45, 2.75) is 6.92 Å². The van der Waals surface area contributed by atoms with Gasteiger partial charge in [-0.1, -0.05) is 11.6 Å². The molecule has 1 N–H and O–H groups in total. The van der Waals surface area contributed by atoms with Gasteiger partial charge >= 0.3 is 0 Å². The Balaban J connectivity index is 1.37. The quantitative estimate of drug-likeness (QED) is 0.127. The molecule has 2 aromatic heterocycles. The van der Waals surface area contributed by atoms with E-state index in [1.54, 1.807) is 49.4 Å². The number of furan rings is 1. The molecule has 0 radical (unpaired) electrons. The maximum atomic E-state index is 12.8. The number of anilines is 1. The number of aromatic nitrogens is 1. The molecule has 0 aliphatic heterocycles. The molecule has 0 aliphatic rings. The molecule has 0 saturated heterocycles. The van der Waals surface area contributed by atoms with Crippen molar-refractivity contribution < 1.29 is 18.6 Å². The minimum Gasteiger partial charge on any atom is -0.451 e. The Bertz CT molecular complexity index is 1620. The number of oxazole rings is 1. The van der Waals surface area contributed by atoms with Crippen molar-refractivity contribution in [3.8, 4) is 22.8 Å². The molecule has 2 heterocycles. The number of nitrogens with zero attached hydrogens (tertiary/aromatic N) is 2. The van der Waals surface area contributed by atoms with Crippen LogP contribution >= 0.6 is 34.2 Å². The average Bonchev–Trinajstić information content (AvgIpc) is 3.47.